The molecule has 0 aliphatic heterocycles. The van der Waals surface area contributed by atoms with Gasteiger partial charge in [0.2, 0.25) is 5.91 Å². The normalized spacial score (nSPS) is 17.9. The van der Waals surface area contributed by atoms with E-state index in [-0.39, 0.29) is 29.3 Å². The Labute approximate surface area is 130 Å². The third-order valence-corrected chi connectivity index (χ3v) is 4.85. The summed E-state index contributed by atoms with van der Waals surface area (Å²) >= 11 is 0. The molecule has 1 rings (SSSR count). The van der Waals surface area contributed by atoms with Gasteiger partial charge in [0.1, 0.15) is 0 Å². The molecular weight excluding hydrogens is 272 g/mol. The summed E-state index contributed by atoms with van der Waals surface area (Å²) in [6.45, 7) is 9.21. The van der Waals surface area contributed by atoms with Gasteiger partial charge in [-0.3, -0.25) is 4.79 Å². The van der Waals surface area contributed by atoms with Crippen LogP contribution in [0.3, 0.4) is 0 Å². The van der Waals surface area contributed by atoms with Crippen molar-refractivity contribution in [2.24, 2.45) is 17.1 Å². The van der Waals surface area contributed by atoms with E-state index in [4.69, 9.17) is 5.73 Å². The highest BCUT2D eigenvalue weighted by Gasteiger charge is 2.41. The van der Waals surface area contributed by atoms with E-state index in [0.717, 1.165) is 32.1 Å². The van der Waals surface area contributed by atoms with E-state index in [0.29, 0.717) is 12.5 Å². The molecular formula is C16H33ClN2O. The zero-order chi connectivity index (χ0) is 14.5. The van der Waals surface area contributed by atoms with Gasteiger partial charge < -0.3 is 11.1 Å². The minimum absolute atomic E-state index is 0. The molecule has 0 saturated heterocycles. The molecule has 1 amide bonds. The van der Waals surface area contributed by atoms with Crippen molar-refractivity contribution < 1.29 is 4.79 Å². The lowest BCUT2D eigenvalue weighted by Gasteiger charge is -2.33. The zero-order valence-corrected chi connectivity index (χ0v) is 14.4. The van der Waals surface area contributed by atoms with Crippen molar-refractivity contribution in [2.75, 3.05) is 6.54 Å². The first-order chi connectivity index (χ1) is 8.87. The molecule has 1 aliphatic carbocycles. The smallest absolute Gasteiger partial charge is 0.226 e. The molecule has 0 unspecified atom stereocenters. The van der Waals surface area contributed by atoms with Gasteiger partial charge in [0.25, 0.3) is 0 Å². The van der Waals surface area contributed by atoms with E-state index >= 15 is 0 Å². The number of carbonyl (C=O) groups is 1. The molecule has 0 aromatic heterocycles. The second kappa shape index (κ2) is 8.23. The minimum Gasteiger partial charge on any atom is -0.354 e. The number of nitrogens with two attached hydrogens (primary N) is 1. The first-order valence-electron chi connectivity index (χ1n) is 7.94. The van der Waals surface area contributed by atoms with Gasteiger partial charge in [-0.2, -0.15) is 0 Å². The molecule has 1 saturated carbocycles. The lowest BCUT2D eigenvalue weighted by Crippen LogP contribution is -2.52. The standard InChI is InChI=1S/C16H32N2O.ClH/c1-5-16(17,6-2)12-18-14(19)15(11-13(3)4)9-7-8-10-15;/h13H,5-12,17H2,1-4H3,(H,18,19);1H. The molecule has 0 radical (unpaired) electrons. The monoisotopic (exact) mass is 304 g/mol. The molecule has 0 aromatic rings. The fraction of sp³-hybridized carbons (Fsp3) is 0.938. The van der Waals surface area contributed by atoms with Gasteiger partial charge in [0.15, 0.2) is 0 Å². The number of rotatable bonds is 7. The summed E-state index contributed by atoms with van der Waals surface area (Å²) in [5.41, 5.74) is 5.92. The van der Waals surface area contributed by atoms with Crippen molar-refractivity contribution in [3.05, 3.63) is 0 Å². The lowest BCUT2D eigenvalue weighted by molar-refractivity contribution is -0.132. The van der Waals surface area contributed by atoms with Crippen molar-refractivity contribution in [1.29, 1.82) is 0 Å². The Bertz CT molecular complexity index is 295. The van der Waals surface area contributed by atoms with Crippen molar-refractivity contribution in [2.45, 2.75) is 78.2 Å². The highest BCUT2D eigenvalue weighted by atomic mass is 35.5. The van der Waals surface area contributed by atoms with Crippen LogP contribution in [0.2, 0.25) is 0 Å². The van der Waals surface area contributed by atoms with Crippen LogP contribution in [-0.2, 0) is 4.79 Å². The van der Waals surface area contributed by atoms with Gasteiger partial charge in [0.05, 0.1) is 0 Å². The summed E-state index contributed by atoms with van der Waals surface area (Å²) in [4.78, 5) is 12.6. The molecule has 4 heteroatoms. The molecule has 20 heavy (non-hydrogen) atoms. The van der Waals surface area contributed by atoms with Crippen LogP contribution in [0.25, 0.3) is 0 Å². The number of hydrogen-bond donors (Lipinski definition) is 2. The Hall–Kier alpha value is -0.280. The maximum atomic E-state index is 12.6. The topological polar surface area (TPSA) is 55.1 Å². The molecule has 0 heterocycles. The van der Waals surface area contributed by atoms with Crippen molar-refractivity contribution >= 4 is 18.3 Å². The number of halogens is 1. The molecule has 3 nitrogen and oxygen atoms in total. The van der Waals surface area contributed by atoms with Gasteiger partial charge in [-0.05, 0) is 38.0 Å². The zero-order valence-electron chi connectivity index (χ0n) is 13.6. The summed E-state index contributed by atoms with van der Waals surface area (Å²) in [5.74, 6) is 0.819. The lowest BCUT2D eigenvalue weighted by atomic mass is 9.77. The average molecular weight is 305 g/mol. The van der Waals surface area contributed by atoms with E-state index in [1.165, 1.54) is 12.8 Å². The maximum absolute atomic E-state index is 12.6. The first kappa shape index (κ1) is 19.7. The van der Waals surface area contributed by atoms with Crippen LogP contribution in [-0.4, -0.2) is 18.0 Å². The average Bonchev–Trinajstić information content (AvgIpc) is 2.84. The third kappa shape index (κ3) is 4.92. The van der Waals surface area contributed by atoms with E-state index in [1.807, 2.05) is 0 Å². The van der Waals surface area contributed by atoms with Crippen LogP contribution in [0.5, 0.6) is 0 Å². The largest absolute Gasteiger partial charge is 0.354 e. The predicted molar refractivity (Wildman–Crippen MR) is 88.1 cm³/mol. The third-order valence-electron chi connectivity index (χ3n) is 4.85. The highest BCUT2D eigenvalue weighted by Crippen LogP contribution is 2.43. The second-order valence-corrected chi connectivity index (χ2v) is 6.84. The van der Waals surface area contributed by atoms with Gasteiger partial charge in [-0.1, -0.05) is 40.5 Å². The fourth-order valence-corrected chi connectivity index (χ4v) is 3.30. The molecule has 120 valence electrons. The van der Waals surface area contributed by atoms with Crippen LogP contribution in [0.15, 0.2) is 0 Å². The second-order valence-electron chi connectivity index (χ2n) is 6.84. The van der Waals surface area contributed by atoms with E-state index in [9.17, 15) is 4.79 Å². The Morgan fingerprint density at radius 2 is 1.75 bits per heavy atom. The number of nitrogens with one attached hydrogen (secondary N) is 1. The SMILES string of the molecule is CCC(N)(CC)CNC(=O)C1(CC(C)C)CCCC1.Cl. The molecule has 0 bridgehead atoms. The molecule has 3 N–H and O–H groups in total. The summed E-state index contributed by atoms with van der Waals surface area (Å²) in [6, 6.07) is 0. The summed E-state index contributed by atoms with van der Waals surface area (Å²) < 4.78 is 0. The Morgan fingerprint density at radius 1 is 1.25 bits per heavy atom. The molecule has 1 aliphatic rings. The van der Waals surface area contributed by atoms with Gasteiger partial charge in [-0.15, -0.1) is 12.4 Å². The summed E-state index contributed by atoms with van der Waals surface area (Å²) in [6.07, 6.45) is 7.29. The Morgan fingerprint density at radius 3 is 2.15 bits per heavy atom. The Balaban J connectivity index is 0.00000361. The molecule has 1 fully saturated rings. The van der Waals surface area contributed by atoms with Crippen LogP contribution < -0.4 is 11.1 Å². The number of carbonyl (C=O) groups excluding carboxylic acids is 1. The van der Waals surface area contributed by atoms with Crippen LogP contribution in [0.4, 0.5) is 0 Å². The molecule has 0 atom stereocenters. The van der Waals surface area contributed by atoms with Crippen molar-refractivity contribution in [3.8, 4) is 0 Å². The van der Waals surface area contributed by atoms with Crippen molar-refractivity contribution in [3.63, 3.8) is 0 Å². The van der Waals surface area contributed by atoms with Gasteiger partial charge in [0, 0.05) is 17.5 Å². The van der Waals surface area contributed by atoms with Crippen LogP contribution >= 0.6 is 12.4 Å². The number of hydrogen-bond acceptors (Lipinski definition) is 2. The fourth-order valence-electron chi connectivity index (χ4n) is 3.30. The van der Waals surface area contributed by atoms with Gasteiger partial charge >= 0.3 is 0 Å². The van der Waals surface area contributed by atoms with E-state index < -0.39 is 0 Å². The Kier molecular flexibility index (Phi) is 8.12. The minimum atomic E-state index is -0.243. The summed E-state index contributed by atoms with van der Waals surface area (Å²) in [7, 11) is 0. The predicted octanol–water partition coefficient (Wildman–Crippen LogP) is 3.65. The van der Waals surface area contributed by atoms with E-state index in [1.54, 1.807) is 0 Å². The summed E-state index contributed by atoms with van der Waals surface area (Å²) in [5, 5.41) is 3.15. The van der Waals surface area contributed by atoms with E-state index in [2.05, 4.69) is 33.0 Å². The maximum Gasteiger partial charge on any atom is 0.226 e. The molecule has 0 spiro atoms. The number of amides is 1. The molecule has 0 aromatic carbocycles. The van der Waals surface area contributed by atoms with Gasteiger partial charge in [-0.25, -0.2) is 0 Å². The van der Waals surface area contributed by atoms with Crippen LogP contribution in [0, 0.1) is 11.3 Å². The highest BCUT2D eigenvalue weighted by molar-refractivity contribution is 5.85. The van der Waals surface area contributed by atoms with Crippen molar-refractivity contribution in [1.82, 2.24) is 5.32 Å². The first-order valence-corrected chi connectivity index (χ1v) is 7.94. The van der Waals surface area contributed by atoms with Crippen LogP contribution in [0.1, 0.15) is 72.6 Å². The quantitative estimate of drug-likeness (QED) is 0.754.